The maximum Gasteiger partial charge on any atom is 0.229 e. The predicted molar refractivity (Wildman–Crippen MR) is 150 cm³/mol. The summed E-state index contributed by atoms with van der Waals surface area (Å²) in [6.07, 6.45) is -15.2. The molecule has 0 saturated carbocycles. The van der Waals surface area contributed by atoms with Gasteiger partial charge in [-0.05, 0) is 19.1 Å². The summed E-state index contributed by atoms with van der Waals surface area (Å²) < 4.78 is 45.1. The number of methoxy groups -OCH3 is 3. The fourth-order valence-electron chi connectivity index (χ4n) is 5.64. The van der Waals surface area contributed by atoms with Crippen molar-refractivity contribution < 1.29 is 73.3 Å². The molecular weight excluding hydrogens is 600 g/mol. The van der Waals surface area contributed by atoms with Crippen LogP contribution in [0.15, 0.2) is 30.3 Å². The van der Waals surface area contributed by atoms with Crippen molar-refractivity contribution in [1.29, 1.82) is 0 Å². The Hall–Kier alpha value is -3.25. The molecule has 6 N–H and O–H groups in total. The lowest BCUT2D eigenvalue weighted by Gasteiger charge is -2.45. The lowest BCUT2D eigenvalue weighted by atomic mass is 9.94. The van der Waals surface area contributed by atoms with Crippen molar-refractivity contribution in [2.45, 2.75) is 80.9 Å². The molecule has 15 nitrogen and oxygen atoms in total. The first-order valence-corrected chi connectivity index (χ1v) is 14.3. The number of carbonyl (C=O) groups is 1. The number of ketones is 1. The first-order chi connectivity index (χ1) is 21.5. The number of hydrogen-bond acceptors (Lipinski definition) is 15. The highest BCUT2D eigenvalue weighted by atomic mass is 16.7. The molecule has 1 unspecified atom stereocenters. The van der Waals surface area contributed by atoms with Gasteiger partial charge in [0.25, 0.3) is 0 Å². The van der Waals surface area contributed by atoms with Crippen LogP contribution in [0, 0.1) is 0 Å². The van der Waals surface area contributed by atoms with E-state index >= 15 is 0 Å². The largest absolute Gasteiger partial charge is 0.496 e. The Morgan fingerprint density at radius 2 is 1.49 bits per heavy atom. The Morgan fingerprint density at radius 1 is 0.800 bits per heavy atom. The normalized spacial score (nSPS) is 34.8. The summed E-state index contributed by atoms with van der Waals surface area (Å²) in [5, 5.41) is 61.5. The molecule has 3 heterocycles. The first-order valence-electron chi connectivity index (χ1n) is 14.3. The first kappa shape index (κ1) is 33.1. The Labute approximate surface area is 258 Å². The van der Waals surface area contributed by atoms with Crippen molar-refractivity contribution in [3.8, 4) is 28.7 Å². The zero-order valence-electron chi connectivity index (χ0n) is 25.0. The van der Waals surface area contributed by atoms with Crippen LogP contribution in [0.4, 0.5) is 0 Å². The van der Waals surface area contributed by atoms with Crippen LogP contribution in [-0.4, -0.2) is 126 Å². The van der Waals surface area contributed by atoms with Crippen LogP contribution in [0.3, 0.4) is 0 Å². The lowest BCUT2D eigenvalue weighted by Crippen LogP contribution is -2.64. The molecule has 15 heteroatoms. The van der Waals surface area contributed by atoms with E-state index in [2.05, 4.69) is 0 Å². The van der Waals surface area contributed by atoms with Crippen LogP contribution in [0.1, 0.15) is 35.4 Å². The highest BCUT2D eigenvalue weighted by Gasteiger charge is 2.50. The van der Waals surface area contributed by atoms with E-state index in [4.69, 9.17) is 37.9 Å². The van der Waals surface area contributed by atoms with E-state index in [1.165, 1.54) is 34.3 Å². The molecule has 5 rings (SSSR count). The van der Waals surface area contributed by atoms with Crippen LogP contribution >= 0.6 is 0 Å². The number of aliphatic hydroxyl groups excluding tert-OH is 6. The summed E-state index contributed by atoms with van der Waals surface area (Å²) in [4.78, 5) is 13.1. The van der Waals surface area contributed by atoms with Crippen molar-refractivity contribution >= 4 is 5.78 Å². The van der Waals surface area contributed by atoms with Crippen molar-refractivity contribution in [2.75, 3.05) is 27.9 Å². The Morgan fingerprint density at radius 3 is 2.16 bits per heavy atom. The topological polar surface area (TPSA) is 212 Å². The highest BCUT2D eigenvalue weighted by Crippen LogP contribution is 2.44. The number of aliphatic hydroxyl groups is 6. The maximum absolute atomic E-state index is 13.1. The van der Waals surface area contributed by atoms with Gasteiger partial charge in [0.15, 0.2) is 12.1 Å². The quantitative estimate of drug-likeness (QED) is 0.203. The molecule has 2 aromatic carbocycles. The van der Waals surface area contributed by atoms with Crippen molar-refractivity contribution in [1.82, 2.24) is 0 Å². The van der Waals surface area contributed by atoms with E-state index in [9.17, 15) is 35.4 Å². The van der Waals surface area contributed by atoms with Gasteiger partial charge in [0.05, 0.1) is 40.5 Å². The summed E-state index contributed by atoms with van der Waals surface area (Å²) in [5.41, 5.74) is 0.871. The molecule has 0 amide bonds. The van der Waals surface area contributed by atoms with Gasteiger partial charge >= 0.3 is 0 Å². The summed E-state index contributed by atoms with van der Waals surface area (Å²) in [6, 6.07) is 7.95. The molecule has 0 spiro atoms. The Kier molecular flexibility index (Phi) is 10.0. The zero-order chi connectivity index (χ0) is 32.6. The fourth-order valence-corrected chi connectivity index (χ4v) is 5.64. The average molecular weight is 639 g/mol. The van der Waals surface area contributed by atoms with Crippen LogP contribution < -0.4 is 23.7 Å². The van der Waals surface area contributed by atoms with E-state index in [0.29, 0.717) is 34.1 Å². The van der Waals surface area contributed by atoms with Crippen molar-refractivity contribution in [2.24, 2.45) is 0 Å². The second kappa shape index (κ2) is 13.6. The van der Waals surface area contributed by atoms with E-state index in [-0.39, 0.29) is 18.0 Å². The van der Waals surface area contributed by atoms with Gasteiger partial charge in [-0.1, -0.05) is 0 Å². The number of Topliss-reactive ketones (excluding diaryl/α,β-unsaturated/α-hetero) is 1. The van der Waals surface area contributed by atoms with Crippen LogP contribution in [0.5, 0.6) is 28.7 Å². The number of hydrogen-bond donors (Lipinski definition) is 6. The van der Waals surface area contributed by atoms with Gasteiger partial charge in [-0.3, -0.25) is 4.79 Å². The number of rotatable bonds is 9. The Balaban J connectivity index is 1.28. The monoisotopic (exact) mass is 638 g/mol. The molecule has 45 heavy (non-hydrogen) atoms. The molecule has 3 aliphatic heterocycles. The number of benzene rings is 2. The van der Waals surface area contributed by atoms with Gasteiger partial charge in [0, 0.05) is 23.8 Å². The molecule has 2 saturated heterocycles. The zero-order valence-corrected chi connectivity index (χ0v) is 25.0. The third-order valence-electron chi connectivity index (χ3n) is 8.13. The van der Waals surface area contributed by atoms with E-state index in [1.54, 1.807) is 24.3 Å². The number of carbonyl (C=O) groups excluding carboxylic acids is 1. The van der Waals surface area contributed by atoms with Gasteiger partial charge in [0.2, 0.25) is 6.29 Å². The summed E-state index contributed by atoms with van der Waals surface area (Å²) in [5.74, 6) is 1.44. The summed E-state index contributed by atoms with van der Waals surface area (Å²) in [7, 11) is 4.38. The second-order valence-corrected chi connectivity index (χ2v) is 10.9. The molecule has 0 radical (unpaired) electrons. The molecule has 3 aliphatic rings. The van der Waals surface area contributed by atoms with Crippen LogP contribution in [0.25, 0.3) is 0 Å². The third-order valence-corrected chi connectivity index (χ3v) is 8.13. The molecule has 0 bridgehead atoms. The molecule has 248 valence electrons. The van der Waals surface area contributed by atoms with Crippen molar-refractivity contribution in [3.63, 3.8) is 0 Å². The standard InChI is InChI=1S/C30H38O15/c1-12-28(45-30-26(36)24(34)23(33)21(11-31)44-30)25(35)27(37)29(41-12)42-13-5-6-15(17(7-13)39-3)18-10-16(32)22-19(40-4)8-14(38-2)9-20(22)43-18/h5-9,12,18,21,23-31,33-37H,10-11H2,1-4H3/t12-,18?,21+,23+,24-,25-,26+,27+,28-,29-,30-/m0/s1. The minimum Gasteiger partial charge on any atom is -0.496 e. The maximum atomic E-state index is 13.1. The van der Waals surface area contributed by atoms with Crippen molar-refractivity contribution in [3.05, 3.63) is 41.5 Å². The van der Waals surface area contributed by atoms with Crippen LogP contribution in [-0.2, 0) is 14.2 Å². The fraction of sp³-hybridized carbons (Fsp3) is 0.567. The van der Waals surface area contributed by atoms with Gasteiger partial charge < -0.3 is 68.5 Å². The minimum absolute atomic E-state index is 0.0102. The lowest BCUT2D eigenvalue weighted by molar-refractivity contribution is -0.348. The van der Waals surface area contributed by atoms with E-state index in [1.807, 2.05) is 0 Å². The van der Waals surface area contributed by atoms with E-state index < -0.39 is 74.1 Å². The summed E-state index contributed by atoms with van der Waals surface area (Å²) >= 11 is 0. The predicted octanol–water partition coefficient (Wildman–Crippen LogP) is -0.551. The number of fused-ring (bicyclic) bond motifs is 1. The van der Waals surface area contributed by atoms with Gasteiger partial charge in [-0.15, -0.1) is 0 Å². The second-order valence-electron chi connectivity index (χ2n) is 10.9. The minimum atomic E-state index is -1.71. The summed E-state index contributed by atoms with van der Waals surface area (Å²) in [6.45, 7) is 0.869. The van der Waals surface area contributed by atoms with E-state index in [0.717, 1.165) is 0 Å². The molecular formula is C30H38O15. The molecule has 0 aliphatic carbocycles. The van der Waals surface area contributed by atoms with Gasteiger partial charge in [-0.2, -0.15) is 0 Å². The average Bonchev–Trinajstić information content (AvgIpc) is 3.04. The third kappa shape index (κ3) is 6.40. The number of ether oxygens (including phenoxy) is 8. The highest BCUT2D eigenvalue weighted by molar-refractivity contribution is 6.03. The Bertz CT molecular complexity index is 1350. The SMILES string of the molecule is COc1cc(OC)c2c(c1)OC(c1ccc(O[C@@H]3O[C@@H](C)[C@H](O[C@@H]4O[C@H](CO)[C@@H](O)[C@H](O)[C@H]4O)[C@@H](O)[C@H]3O)cc1OC)CC2=O. The smallest absolute Gasteiger partial charge is 0.229 e. The van der Waals surface area contributed by atoms with Gasteiger partial charge in [0.1, 0.15) is 83.1 Å². The molecule has 2 fully saturated rings. The molecule has 2 aromatic rings. The van der Waals surface area contributed by atoms with Gasteiger partial charge in [-0.25, -0.2) is 0 Å². The molecule has 0 aromatic heterocycles. The van der Waals surface area contributed by atoms with Crippen LogP contribution in [0.2, 0.25) is 0 Å². The molecule has 11 atom stereocenters.